The molecule has 1 aromatic rings. The maximum absolute atomic E-state index is 12.5. The highest BCUT2D eigenvalue weighted by Gasteiger charge is 2.22. The van der Waals surface area contributed by atoms with Crippen LogP contribution in [0.3, 0.4) is 0 Å². The standard InChI is InChI=1S/C18H25N3O/c1-4-6-7-16(19-3)12-18(22)21-11-10-17-14(13-21)8-9-15(5-2)20-17/h6-9H,4-5,10-13H2,1-3H3/b7-6-,19-16?. The van der Waals surface area contributed by atoms with Crippen molar-refractivity contribution in [3.63, 3.8) is 0 Å². The van der Waals surface area contributed by atoms with Crippen LogP contribution in [0.5, 0.6) is 0 Å². The van der Waals surface area contributed by atoms with E-state index in [1.807, 2.05) is 17.1 Å². The largest absolute Gasteiger partial charge is 0.338 e. The van der Waals surface area contributed by atoms with E-state index in [-0.39, 0.29) is 5.91 Å². The van der Waals surface area contributed by atoms with Gasteiger partial charge in [0.05, 0.1) is 6.42 Å². The molecule has 118 valence electrons. The summed E-state index contributed by atoms with van der Waals surface area (Å²) in [6.07, 6.45) is 7.12. The van der Waals surface area contributed by atoms with Gasteiger partial charge in [-0.25, -0.2) is 0 Å². The zero-order valence-electron chi connectivity index (χ0n) is 13.8. The smallest absolute Gasteiger partial charge is 0.228 e. The molecule has 0 unspecified atom stereocenters. The Hall–Kier alpha value is -1.97. The summed E-state index contributed by atoms with van der Waals surface area (Å²) in [7, 11) is 1.74. The van der Waals surface area contributed by atoms with Crippen LogP contribution in [0.25, 0.3) is 0 Å². The van der Waals surface area contributed by atoms with Crippen LogP contribution in [-0.2, 0) is 24.2 Å². The molecule has 1 aliphatic rings. The molecule has 0 spiro atoms. The van der Waals surface area contributed by atoms with E-state index in [0.29, 0.717) is 13.0 Å². The summed E-state index contributed by atoms with van der Waals surface area (Å²) in [5.41, 5.74) is 4.30. The zero-order valence-corrected chi connectivity index (χ0v) is 13.8. The van der Waals surface area contributed by atoms with Gasteiger partial charge in [0.15, 0.2) is 0 Å². The van der Waals surface area contributed by atoms with Gasteiger partial charge in [0, 0.05) is 43.7 Å². The zero-order chi connectivity index (χ0) is 15.9. The van der Waals surface area contributed by atoms with E-state index < -0.39 is 0 Å². The number of pyridine rings is 1. The Morgan fingerprint density at radius 2 is 2.23 bits per heavy atom. The van der Waals surface area contributed by atoms with Crippen molar-refractivity contribution in [1.29, 1.82) is 0 Å². The quantitative estimate of drug-likeness (QED) is 0.785. The van der Waals surface area contributed by atoms with Crippen molar-refractivity contribution in [3.8, 4) is 0 Å². The third-order valence-electron chi connectivity index (χ3n) is 3.99. The molecule has 0 bridgehead atoms. The molecule has 0 saturated heterocycles. The van der Waals surface area contributed by atoms with Crippen molar-refractivity contribution in [2.45, 2.75) is 46.1 Å². The molecule has 1 aromatic heterocycles. The average molecular weight is 299 g/mol. The number of amides is 1. The minimum absolute atomic E-state index is 0.145. The third kappa shape index (κ3) is 4.03. The van der Waals surface area contributed by atoms with Crippen LogP contribution >= 0.6 is 0 Å². The second-order valence-corrected chi connectivity index (χ2v) is 5.53. The maximum atomic E-state index is 12.5. The monoisotopic (exact) mass is 299 g/mol. The van der Waals surface area contributed by atoms with Crippen LogP contribution in [0, 0.1) is 0 Å². The molecule has 2 rings (SSSR count). The topological polar surface area (TPSA) is 45.6 Å². The van der Waals surface area contributed by atoms with Gasteiger partial charge in [-0.15, -0.1) is 0 Å². The molecule has 4 nitrogen and oxygen atoms in total. The van der Waals surface area contributed by atoms with E-state index in [4.69, 9.17) is 0 Å². The van der Waals surface area contributed by atoms with Gasteiger partial charge < -0.3 is 4.90 Å². The van der Waals surface area contributed by atoms with E-state index in [1.165, 1.54) is 5.56 Å². The fourth-order valence-electron chi connectivity index (χ4n) is 2.60. The van der Waals surface area contributed by atoms with E-state index >= 15 is 0 Å². The number of aromatic nitrogens is 1. The van der Waals surface area contributed by atoms with Crippen molar-refractivity contribution in [2.24, 2.45) is 4.99 Å². The number of carbonyl (C=O) groups is 1. The molecule has 1 amide bonds. The molecule has 0 fully saturated rings. The van der Waals surface area contributed by atoms with Gasteiger partial charge in [-0.1, -0.05) is 26.0 Å². The lowest BCUT2D eigenvalue weighted by atomic mass is 10.0. The number of allylic oxidation sites excluding steroid dienone is 2. The number of rotatable bonds is 5. The highest BCUT2D eigenvalue weighted by atomic mass is 16.2. The molecule has 1 aliphatic heterocycles. The lowest BCUT2D eigenvalue weighted by Crippen LogP contribution is -2.37. The van der Waals surface area contributed by atoms with Gasteiger partial charge >= 0.3 is 0 Å². The van der Waals surface area contributed by atoms with Crippen LogP contribution in [0.15, 0.2) is 29.3 Å². The highest BCUT2D eigenvalue weighted by Crippen LogP contribution is 2.18. The Labute approximate surface area is 133 Å². The van der Waals surface area contributed by atoms with Crippen LogP contribution in [-0.4, -0.2) is 35.1 Å². The van der Waals surface area contributed by atoms with Gasteiger partial charge in [0.2, 0.25) is 5.91 Å². The summed E-state index contributed by atoms with van der Waals surface area (Å²) in [5.74, 6) is 0.145. The highest BCUT2D eigenvalue weighted by molar-refractivity contribution is 6.07. The number of fused-ring (bicyclic) bond motifs is 1. The molecule has 4 heteroatoms. The number of aryl methyl sites for hydroxylation is 1. The molecule has 0 N–H and O–H groups in total. The molecule has 0 radical (unpaired) electrons. The van der Waals surface area contributed by atoms with Crippen molar-refractivity contribution in [1.82, 2.24) is 9.88 Å². The number of nitrogens with zero attached hydrogens (tertiary/aromatic N) is 3. The normalized spacial score (nSPS) is 15.2. The minimum atomic E-state index is 0.145. The Bertz CT molecular complexity index is 590. The van der Waals surface area contributed by atoms with Gasteiger partial charge in [-0.2, -0.15) is 0 Å². The van der Waals surface area contributed by atoms with Gasteiger partial charge in [-0.3, -0.25) is 14.8 Å². The first-order chi connectivity index (χ1) is 10.7. The predicted octanol–water partition coefficient (Wildman–Crippen LogP) is 2.96. The fourth-order valence-corrected chi connectivity index (χ4v) is 2.60. The lowest BCUT2D eigenvalue weighted by Gasteiger charge is -2.28. The molecule has 0 saturated carbocycles. The Balaban J connectivity index is 2.02. The SMILES string of the molecule is CC/C=C\C(CC(=O)N1CCc2nc(CC)ccc2C1)=NC. The van der Waals surface area contributed by atoms with E-state index in [9.17, 15) is 4.79 Å². The second kappa shape index (κ2) is 7.87. The molecular formula is C18H25N3O. The first-order valence-electron chi connectivity index (χ1n) is 8.05. The van der Waals surface area contributed by atoms with E-state index in [1.54, 1.807) is 7.05 Å². The summed E-state index contributed by atoms with van der Waals surface area (Å²) in [6, 6.07) is 4.18. The lowest BCUT2D eigenvalue weighted by molar-refractivity contribution is -0.130. The molecular weight excluding hydrogens is 274 g/mol. The molecule has 0 aliphatic carbocycles. The van der Waals surface area contributed by atoms with Gasteiger partial charge in [0.1, 0.15) is 0 Å². The van der Waals surface area contributed by atoms with Gasteiger partial charge in [0.25, 0.3) is 0 Å². The molecule has 0 aromatic carbocycles. The Kier molecular flexibility index (Phi) is 5.87. The molecule has 22 heavy (non-hydrogen) atoms. The predicted molar refractivity (Wildman–Crippen MR) is 90.1 cm³/mol. The number of hydrogen-bond donors (Lipinski definition) is 0. The molecule has 2 heterocycles. The van der Waals surface area contributed by atoms with Crippen LogP contribution in [0.4, 0.5) is 0 Å². The van der Waals surface area contributed by atoms with Crippen molar-refractivity contribution >= 4 is 11.6 Å². The second-order valence-electron chi connectivity index (χ2n) is 5.53. The summed E-state index contributed by atoms with van der Waals surface area (Å²) in [6.45, 7) is 5.60. The number of carbonyl (C=O) groups excluding carboxylic acids is 1. The van der Waals surface area contributed by atoms with E-state index in [0.717, 1.165) is 42.9 Å². The number of hydrogen-bond acceptors (Lipinski definition) is 3. The maximum Gasteiger partial charge on any atom is 0.228 e. The third-order valence-corrected chi connectivity index (χ3v) is 3.99. The van der Waals surface area contributed by atoms with Crippen LogP contribution < -0.4 is 0 Å². The van der Waals surface area contributed by atoms with E-state index in [2.05, 4.69) is 36.0 Å². The average Bonchev–Trinajstić information content (AvgIpc) is 2.57. The summed E-state index contributed by atoms with van der Waals surface area (Å²) in [5, 5.41) is 0. The van der Waals surface area contributed by atoms with Crippen molar-refractivity contribution < 1.29 is 4.79 Å². The summed E-state index contributed by atoms with van der Waals surface area (Å²) >= 11 is 0. The van der Waals surface area contributed by atoms with Crippen LogP contribution in [0.1, 0.15) is 43.6 Å². The summed E-state index contributed by atoms with van der Waals surface area (Å²) in [4.78, 5) is 23.2. The molecule has 0 atom stereocenters. The van der Waals surface area contributed by atoms with Crippen molar-refractivity contribution in [2.75, 3.05) is 13.6 Å². The minimum Gasteiger partial charge on any atom is -0.338 e. The van der Waals surface area contributed by atoms with Crippen LogP contribution in [0.2, 0.25) is 0 Å². The first kappa shape index (κ1) is 16.4. The fraction of sp³-hybridized carbons (Fsp3) is 0.500. The Morgan fingerprint density at radius 3 is 2.91 bits per heavy atom. The van der Waals surface area contributed by atoms with Gasteiger partial charge in [-0.05, 0) is 30.5 Å². The Morgan fingerprint density at radius 1 is 1.41 bits per heavy atom. The number of aliphatic imine (C=N–C) groups is 1. The van der Waals surface area contributed by atoms with Crippen molar-refractivity contribution in [3.05, 3.63) is 41.2 Å². The summed E-state index contributed by atoms with van der Waals surface area (Å²) < 4.78 is 0. The first-order valence-corrected chi connectivity index (χ1v) is 8.05.